The molecule has 0 bridgehead atoms. The molecule has 1 atom stereocenters. The summed E-state index contributed by atoms with van der Waals surface area (Å²) in [6, 6.07) is 0. The van der Waals surface area contributed by atoms with Crippen molar-refractivity contribution in [1.82, 2.24) is 0 Å². The molecule has 0 aromatic carbocycles. The Labute approximate surface area is 134 Å². The molecule has 0 heterocycles. The second-order valence-electron chi connectivity index (χ2n) is 4.58. The van der Waals surface area contributed by atoms with E-state index in [1.165, 1.54) is 13.8 Å². The highest BCUT2D eigenvalue weighted by Gasteiger charge is 2.05. The third-order valence-corrected chi connectivity index (χ3v) is 2.86. The van der Waals surface area contributed by atoms with E-state index in [0.29, 0.717) is 25.2 Å². The molecule has 0 aromatic heterocycles. The molecule has 6 nitrogen and oxygen atoms in total. The lowest BCUT2D eigenvalue weighted by Gasteiger charge is -1.99. The molecule has 0 saturated heterocycles. The fourth-order valence-electron chi connectivity index (χ4n) is 1.16. The van der Waals surface area contributed by atoms with Crippen LogP contribution in [0.25, 0.3) is 0 Å². The topological polar surface area (TPSA) is 78.9 Å². The van der Waals surface area contributed by atoms with Gasteiger partial charge in [-0.25, -0.2) is 4.79 Å². The Morgan fingerprint density at radius 2 is 1.77 bits per heavy atom. The number of hydrogen-bond acceptors (Lipinski definition) is 6. The van der Waals surface area contributed by atoms with E-state index in [1.54, 1.807) is 6.92 Å². The van der Waals surface area contributed by atoms with Gasteiger partial charge in [-0.2, -0.15) is 0 Å². The van der Waals surface area contributed by atoms with Crippen molar-refractivity contribution in [2.24, 2.45) is 0 Å². The number of hydrogen-bond donors (Lipinski definition) is 0. The Morgan fingerprint density at radius 1 is 1.14 bits per heavy atom. The number of esters is 2. The minimum absolute atomic E-state index is 0.178. The first-order valence-electron chi connectivity index (χ1n) is 7.28. The molecular formula is C15H28O6P+. The summed E-state index contributed by atoms with van der Waals surface area (Å²) in [6.07, 6.45) is 3.86. The molecule has 7 heteroatoms. The maximum atomic E-state index is 10.7. The summed E-state index contributed by atoms with van der Waals surface area (Å²) >= 11 is 0. The summed E-state index contributed by atoms with van der Waals surface area (Å²) in [6.45, 7) is 9.55. The third kappa shape index (κ3) is 18.7. The van der Waals surface area contributed by atoms with Crippen LogP contribution in [-0.4, -0.2) is 38.9 Å². The van der Waals surface area contributed by atoms with E-state index in [-0.39, 0.29) is 11.9 Å². The van der Waals surface area contributed by atoms with Gasteiger partial charge in [0.05, 0.1) is 13.7 Å². The zero-order valence-corrected chi connectivity index (χ0v) is 14.9. The van der Waals surface area contributed by atoms with Gasteiger partial charge in [-0.3, -0.25) is 4.79 Å². The molecule has 0 radical (unpaired) electrons. The molecule has 0 spiro atoms. The predicted molar refractivity (Wildman–Crippen MR) is 86.0 cm³/mol. The molecule has 0 fully saturated rings. The maximum Gasteiger partial charge on any atom is 0.504 e. The van der Waals surface area contributed by atoms with Gasteiger partial charge < -0.3 is 9.47 Å². The zero-order valence-electron chi connectivity index (χ0n) is 14.1. The number of carbonyl (C=O) groups is 2. The Balaban J connectivity index is 0. The number of rotatable bonds is 10. The average Bonchev–Trinajstić information content (AvgIpc) is 2.48. The van der Waals surface area contributed by atoms with E-state index in [2.05, 4.69) is 11.3 Å². The van der Waals surface area contributed by atoms with Gasteiger partial charge in [0.15, 0.2) is 6.66 Å². The second kappa shape index (κ2) is 16.1. The van der Waals surface area contributed by atoms with Crippen LogP contribution >= 0.6 is 8.03 Å². The van der Waals surface area contributed by atoms with Crippen LogP contribution in [0.15, 0.2) is 12.2 Å². The predicted octanol–water partition coefficient (Wildman–Crippen LogP) is 3.62. The summed E-state index contributed by atoms with van der Waals surface area (Å²) in [5.41, 5.74) is 0.462. The third-order valence-electron chi connectivity index (χ3n) is 2.31. The molecule has 0 rings (SSSR count). The van der Waals surface area contributed by atoms with Gasteiger partial charge in [0.25, 0.3) is 0 Å². The highest BCUT2D eigenvalue weighted by molar-refractivity contribution is 7.38. The molecule has 0 aliphatic carbocycles. The number of ether oxygens (including phenoxy) is 2. The minimum Gasteiger partial charge on any atom is -0.469 e. The normalized spacial score (nSPS) is 10.1. The van der Waals surface area contributed by atoms with E-state index in [0.717, 1.165) is 25.7 Å². The average molecular weight is 335 g/mol. The smallest absolute Gasteiger partial charge is 0.469 e. The zero-order chi connectivity index (χ0) is 17.4. The van der Waals surface area contributed by atoms with E-state index >= 15 is 0 Å². The van der Waals surface area contributed by atoms with Crippen LogP contribution in [0.3, 0.4) is 0 Å². The summed E-state index contributed by atoms with van der Waals surface area (Å²) in [7, 11) is -0.0964. The van der Waals surface area contributed by atoms with Gasteiger partial charge in [-0.15, -0.1) is 4.52 Å². The van der Waals surface area contributed by atoms with Crippen molar-refractivity contribution in [1.29, 1.82) is 0 Å². The fraction of sp³-hybridized carbons (Fsp3) is 0.733. The second-order valence-corrected chi connectivity index (χ2v) is 5.71. The van der Waals surface area contributed by atoms with Crippen molar-refractivity contribution < 1.29 is 28.2 Å². The highest BCUT2D eigenvalue weighted by atomic mass is 31.1. The number of methoxy groups -OCH3 is 1. The monoisotopic (exact) mass is 335 g/mol. The molecule has 22 heavy (non-hydrogen) atoms. The van der Waals surface area contributed by atoms with E-state index < -0.39 is 8.03 Å². The molecule has 128 valence electrons. The van der Waals surface area contributed by atoms with Gasteiger partial charge in [0.2, 0.25) is 0 Å². The van der Waals surface area contributed by atoms with E-state index in [1.807, 2.05) is 6.92 Å². The van der Waals surface area contributed by atoms with Crippen LogP contribution < -0.4 is 0 Å². The Hall–Kier alpha value is -1.26. The van der Waals surface area contributed by atoms with Gasteiger partial charge >= 0.3 is 20.0 Å². The van der Waals surface area contributed by atoms with Gasteiger partial charge in [-0.05, 0) is 30.8 Å². The van der Waals surface area contributed by atoms with Crippen molar-refractivity contribution in [2.45, 2.75) is 46.0 Å². The molecule has 0 aliphatic rings. The number of unbranched alkanes of at least 4 members (excludes halogenated alkanes) is 2. The largest absolute Gasteiger partial charge is 0.504 e. The van der Waals surface area contributed by atoms with Crippen molar-refractivity contribution in [3.05, 3.63) is 12.2 Å². The first kappa shape index (κ1) is 23.0. The van der Waals surface area contributed by atoms with Crippen LogP contribution in [0.5, 0.6) is 0 Å². The molecule has 0 amide bonds. The van der Waals surface area contributed by atoms with Crippen molar-refractivity contribution in [3.8, 4) is 0 Å². The van der Waals surface area contributed by atoms with Crippen LogP contribution in [0, 0.1) is 0 Å². The van der Waals surface area contributed by atoms with Crippen LogP contribution in [0.4, 0.5) is 0 Å². The maximum absolute atomic E-state index is 10.7. The van der Waals surface area contributed by atoms with E-state index in [9.17, 15) is 14.2 Å². The molecule has 0 aliphatic heterocycles. The lowest BCUT2D eigenvalue weighted by atomic mass is 10.2. The lowest BCUT2D eigenvalue weighted by molar-refractivity contribution is -0.141. The van der Waals surface area contributed by atoms with Crippen molar-refractivity contribution in [2.75, 3.05) is 27.0 Å². The Morgan fingerprint density at radius 3 is 2.23 bits per heavy atom. The summed E-state index contributed by atoms with van der Waals surface area (Å²) in [5, 5.41) is 0. The van der Waals surface area contributed by atoms with Gasteiger partial charge in [-0.1, -0.05) is 19.9 Å². The standard InChI is InChI=1S/C8H16O4P.C7H12O2/c1-11-8(9)6-4-3-5-7-12-13(2)10;1-4-5-9-7(8)6(2)3/h3-7H2,1-2H3;2,4-5H2,1,3H3/q+1;. The van der Waals surface area contributed by atoms with Crippen molar-refractivity contribution in [3.63, 3.8) is 0 Å². The molecule has 0 aromatic rings. The summed E-state index contributed by atoms with van der Waals surface area (Å²) in [4.78, 5) is 21.2. The Bertz CT molecular complexity index is 354. The quantitative estimate of drug-likeness (QED) is 0.262. The van der Waals surface area contributed by atoms with Crippen LogP contribution in [-0.2, 0) is 28.2 Å². The van der Waals surface area contributed by atoms with Crippen LogP contribution in [0.1, 0.15) is 46.0 Å². The first-order valence-corrected chi connectivity index (χ1v) is 8.90. The van der Waals surface area contributed by atoms with Crippen molar-refractivity contribution >= 4 is 20.0 Å². The lowest BCUT2D eigenvalue weighted by Crippen LogP contribution is -2.04. The fourth-order valence-corrected chi connectivity index (χ4v) is 1.55. The molecule has 0 saturated carbocycles. The van der Waals surface area contributed by atoms with E-state index in [4.69, 9.17) is 9.26 Å². The van der Waals surface area contributed by atoms with Gasteiger partial charge in [0, 0.05) is 12.0 Å². The number of carbonyl (C=O) groups excluding carboxylic acids is 2. The SMILES string of the molecule is C=C(C)C(=O)OCCC.COC(=O)CCCCCO[P+](C)=O. The molecular weight excluding hydrogens is 307 g/mol. The summed E-state index contributed by atoms with van der Waals surface area (Å²) < 4.78 is 24.5. The molecule has 0 N–H and O–H groups in total. The first-order chi connectivity index (χ1) is 10.3. The minimum atomic E-state index is -1.48. The molecule has 1 unspecified atom stereocenters. The summed E-state index contributed by atoms with van der Waals surface area (Å²) in [5.74, 6) is -0.473. The highest BCUT2D eigenvalue weighted by Crippen LogP contribution is 2.15. The van der Waals surface area contributed by atoms with Crippen LogP contribution in [0.2, 0.25) is 0 Å². The van der Waals surface area contributed by atoms with Gasteiger partial charge in [0.1, 0.15) is 6.61 Å². The Kier molecular flexibility index (Phi) is 16.9.